The van der Waals surface area contributed by atoms with E-state index in [4.69, 9.17) is 0 Å². The number of hydrogen-bond acceptors (Lipinski definition) is 2. The van der Waals surface area contributed by atoms with E-state index >= 15 is 0 Å². The summed E-state index contributed by atoms with van der Waals surface area (Å²) < 4.78 is 0. The number of ketones is 1. The molecular weight excluding hydrogens is 192 g/mol. The molecule has 0 aliphatic heterocycles. The highest BCUT2D eigenvalue weighted by Crippen LogP contribution is 2.26. The summed E-state index contributed by atoms with van der Waals surface area (Å²) in [7, 11) is 0. The first-order valence-electron chi connectivity index (χ1n) is 5.02. The second-order valence-electron chi connectivity index (χ2n) is 3.15. The number of carbonyl (C=O) groups excluding carboxylic acids is 1. The van der Waals surface area contributed by atoms with E-state index in [1.807, 2.05) is 25.1 Å². The predicted molar refractivity (Wildman–Crippen MR) is 61.7 cm³/mol. The van der Waals surface area contributed by atoms with Crippen LogP contribution in [-0.2, 0) is 4.79 Å². The maximum absolute atomic E-state index is 11.5. The molecule has 0 radical (unpaired) electrons. The van der Waals surface area contributed by atoms with Crippen molar-refractivity contribution in [2.45, 2.75) is 36.8 Å². The summed E-state index contributed by atoms with van der Waals surface area (Å²) in [6, 6.07) is 10.1. The number of hydrogen-bond donors (Lipinski definition) is 0. The lowest BCUT2D eigenvalue weighted by atomic mass is 10.2. The Hall–Kier alpha value is -0.760. The number of benzene rings is 1. The quantitative estimate of drug-likeness (QED) is 0.688. The summed E-state index contributed by atoms with van der Waals surface area (Å²) in [5.74, 6) is 0.348. The van der Waals surface area contributed by atoms with Gasteiger partial charge in [-0.25, -0.2) is 0 Å². The van der Waals surface area contributed by atoms with E-state index in [1.54, 1.807) is 11.8 Å². The summed E-state index contributed by atoms with van der Waals surface area (Å²) in [6.45, 7) is 3.99. The van der Waals surface area contributed by atoms with Gasteiger partial charge in [0.05, 0.1) is 5.25 Å². The van der Waals surface area contributed by atoms with Gasteiger partial charge < -0.3 is 0 Å². The molecule has 0 aliphatic rings. The van der Waals surface area contributed by atoms with Gasteiger partial charge in [0, 0.05) is 11.3 Å². The van der Waals surface area contributed by atoms with Crippen LogP contribution in [0.5, 0.6) is 0 Å². The predicted octanol–water partition coefficient (Wildman–Crippen LogP) is 3.54. The highest BCUT2D eigenvalue weighted by molar-refractivity contribution is 8.00. The molecule has 0 aliphatic carbocycles. The van der Waals surface area contributed by atoms with Crippen LogP contribution in [0.1, 0.15) is 26.7 Å². The molecule has 1 nitrogen and oxygen atoms in total. The van der Waals surface area contributed by atoms with Gasteiger partial charge in [0.25, 0.3) is 0 Å². The molecule has 0 aromatic heterocycles. The van der Waals surface area contributed by atoms with Crippen molar-refractivity contribution in [1.82, 2.24) is 0 Å². The Kier molecular flexibility index (Phi) is 4.74. The Morgan fingerprint density at radius 1 is 1.29 bits per heavy atom. The molecule has 76 valence electrons. The molecule has 14 heavy (non-hydrogen) atoms. The molecule has 0 N–H and O–H groups in total. The van der Waals surface area contributed by atoms with Gasteiger partial charge in [-0.3, -0.25) is 4.79 Å². The Bertz CT molecular complexity index is 282. The lowest BCUT2D eigenvalue weighted by molar-refractivity contribution is -0.118. The lowest BCUT2D eigenvalue weighted by Gasteiger charge is -2.11. The van der Waals surface area contributed by atoms with Gasteiger partial charge in [-0.15, -0.1) is 11.8 Å². The third-order valence-corrected chi connectivity index (χ3v) is 3.52. The van der Waals surface area contributed by atoms with Gasteiger partial charge in [-0.1, -0.05) is 32.0 Å². The molecule has 0 saturated heterocycles. The van der Waals surface area contributed by atoms with Crippen molar-refractivity contribution >= 4 is 17.5 Å². The molecule has 1 unspecified atom stereocenters. The van der Waals surface area contributed by atoms with E-state index in [0.29, 0.717) is 12.2 Å². The summed E-state index contributed by atoms with van der Waals surface area (Å²) in [6.07, 6.45) is 1.55. The van der Waals surface area contributed by atoms with Crippen LogP contribution < -0.4 is 0 Å². The van der Waals surface area contributed by atoms with E-state index < -0.39 is 0 Å². The lowest BCUT2D eigenvalue weighted by Crippen LogP contribution is -2.14. The summed E-state index contributed by atoms with van der Waals surface area (Å²) in [5.41, 5.74) is 0. The average Bonchev–Trinajstić information content (AvgIpc) is 2.26. The fraction of sp³-hybridized carbons (Fsp3) is 0.417. The summed E-state index contributed by atoms with van der Waals surface area (Å²) in [5, 5.41) is 0.127. The minimum Gasteiger partial charge on any atom is -0.298 e. The van der Waals surface area contributed by atoms with Crippen LogP contribution in [0.4, 0.5) is 0 Å². The first-order valence-corrected chi connectivity index (χ1v) is 5.90. The molecule has 0 amide bonds. The zero-order valence-electron chi connectivity index (χ0n) is 8.69. The van der Waals surface area contributed by atoms with Crippen molar-refractivity contribution < 1.29 is 4.79 Å². The average molecular weight is 208 g/mol. The number of thioether (sulfide) groups is 1. The molecule has 1 rings (SSSR count). The Morgan fingerprint density at radius 3 is 2.43 bits per heavy atom. The number of Topliss-reactive ketones (excluding diaryl/α,β-unsaturated/α-hetero) is 1. The maximum atomic E-state index is 11.5. The third-order valence-electron chi connectivity index (χ3n) is 2.10. The molecule has 1 aromatic carbocycles. The highest BCUT2D eigenvalue weighted by atomic mass is 32.2. The van der Waals surface area contributed by atoms with E-state index in [2.05, 4.69) is 19.1 Å². The molecule has 0 heterocycles. The highest BCUT2D eigenvalue weighted by Gasteiger charge is 2.15. The van der Waals surface area contributed by atoms with Crippen molar-refractivity contribution in [2.24, 2.45) is 0 Å². The molecule has 1 atom stereocenters. The van der Waals surface area contributed by atoms with E-state index in [1.165, 1.54) is 4.90 Å². The fourth-order valence-corrected chi connectivity index (χ4v) is 2.38. The largest absolute Gasteiger partial charge is 0.298 e. The van der Waals surface area contributed by atoms with E-state index in [0.717, 1.165) is 6.42 Å². The second kappa shape index (κ2) is 5.86. The summed E-state index contributed by atoms with van der Waals surface area (Å²) >= 11 is 1.67. The van der Waals surface area contributed by atoms with Gasteiger partial charge in [0.2, 0.25) is 0 Å². The van der Waals surface area contributed by atoms with Crippen molar-refractivity contribution in [3.8, 4) is 0 Å². The zero-order valence-corrected chi connectivity index (χ0v) is 9.51. The minimum atomic E-state index is 0.127. The van der Waals surface area contributed by atoms with Gasteiger partial charge in [-0.2, -0.15) is 0 Å². The third kappa shape index (κ3) is 3.18. The number of rotatable bonds is 5. The van der Waals surface area contributed by atoms with Crippen molar-refractivity contribution in [3.05, 3.63) is 30.3 Å². The molecule has 0 bridgehead atoms. The molecular formula is C12H16OS. The normalized spacial score (nSPS) is 12.4. The molecule has 0 saturated carbocycles. The van der Waals surface area contributed by atoms with Crippen LogP contribution in [0, 0.1) is 0 Å². The van der Waals surface area contributed by atoms with Crippen LogP contribution in [0.15, 0.2) is 35.2 Å². The molecule has 1 aromatic rings. The van der Waals surface area contributed by atoms with Crippen LogP contribution in [0.3, 0.4) is 0 Å². The SMILES string of the molecule is CCC(=O)C(CC)Sc1ccccc1. The Morgan fingerprint density at radius 2 is 1.93 bits per heavy atom. The minimum absolute atomic E-state index is 0.127. The smallest absolute Gasteiger partial charge is 0.145 e. The molecule has 2 heteroatoms. The van der Waals surface area contributed by atoms with Crippen molar-refractivity contribution in [3.63, 3.8) is 0 Å². The monoisotopic (exact) mass is 208 g/mol. The van der Waals surface area contributed by atoms with Crippen molar-refractivity contribution in [1.29, 1.82) is 0 Å². The van der Waals surface area contributed by atoms with Crippen LogP contribution in [0.2, 0.25) is 0 Å². The summed E-state index contributed by atoms with van der Waals surface area (Å²) in [4.78, 5) is 12.7. The first-order chi connectivity index (χ1) is 6.77. The maximum Gasteiger partial charge on any atom is 0.145 e. The van der Waals surface area contributed by atoms with Crippen LogP contribution in [-0.4, -0.2) is 11.0 Å². The Labute approximate surface area is 89.9 Å². The second-order valence-corrected chi connectivity index (χ2v) is 4.42. The molecule has 0 spiro atoms. The number of carbonyl (C=O) groups is 1. The fourth-order valence-electron chi connectivity index (χ4n) is 1.27. The first kappa shape index (κ1) is 11.3. The van der Waals surface area contributed by atoms with Gasteiger partial charge >= 0.3 is 0 Å². The zero-order chi connectivity index (χ0) is 10.4. The van der Waals surface area contributed by atoms with Crippen LogP contribution in [0.25, 0.3) is 0 Å². The van der Waals surface area contributed by atoms with Gasteiger partial charge in [0.15, 0.2) is 0 Å². The van der Waals surface area contributed by atoms with Crippen molar-refractivity contribution in [2.75, 3.05) is 0 Å². The van der Waals surface area contributed by atoms with Crippen LogP contribution >= 0.6 is 11.8 Å². The topological polar surface area (TPSA) is 17.1 Å². The van der Waals surface area contributed by atoms with Gasteiger partial charge in [0.1, 0.15) is 5.78 Å². The molecule has 0 fully saturated rings. The van der Waals surface area contributed by atoms with Gasteiger partial charge in [-0.05, 0) is 18.6 Å². The van der Waals surface area contributed by atoms with E-state index in [9.17, 15) is 4.79 Å². The Balaban J connectivity index is 2.62. The van der Waals surface area contributed by atoms with E-state index in [-0.39, 0.29) is 5.25 Å². The standard InChI is InChI=1S/C12H16OS/c1-3-11(13)12(4-2)14-10-8-6-5-7-9-10/h5-9,12H,3-4H2,1-2H3.